The van der Waals surface area contributed by atoms with Crippen molar-refractivity contribution in [2.45, 2.75) is 31.8 Å². The predicted molar refractivity (Wildman–Crippen MR) is 179 cm³/mol. The average Bonchev–Trinajstić information content (AvgIpc) is 3.07. The van der Waals surface area contributed by atoms with Gasteiger partial charge in [-0.25, -0.2) is 14.4 Å². The van der Waals surface area contributed by atoms with Gasteiger partial charge in [-0.3, -0.25) is 19.8 Å². The molecule has 246 valence electrons. The first-order valence-corrected chi connectivity index (χ1v) is 16.0. The van der Waals surface area contributed by atoms with Crippen LogP contribution >= 0.6 is 11.6 Å². The van der Waals surface area contributed by atoms with Crippen molar-refractivity contribution >= 4 is 51.5 Å². The molecular formula is C34H37ClFN7O4. The molecule has 47 heavy (non-hydrogen) atoms. The molecule has 0 spiro atoms. The van der Waals surface area contributed by atoms with E-state index in [0.29, 0.717) is 48.0 Å². The Kier molecular flexibility index (Phi) is 10.3. The number of nitrogens with one attached hydrogen (secondary N) is 3. The number of methoxy groups -OCH3 is 1. The van der Waals surface area contributed by atoms with Gasteiger partial charge in [-0.1, -0.05) is 23.7 Å². The summed E-state index contributed by atoms with van der Waals surface area (Å²) in [6.07, 6.45) is 3.17. The van der Waals surface area contributed by atoms with E-state index < -0.39 is 5.82 Å². The lowest BCUT2D eigenvalue weighted by molar-refractivity contribution is -0.133. The first-order valence-electron chi connectivity index (χ1n) is 15.7. The third kappa shape index (κ3) is 8.26. The number of carbonyl (C=O) groups excluding carboxylic acids is 2. The summed E-state index contributed by atoms with van der Waals surface area (Å²) in [7, 11) is 1.60. The van der Waals surface area contributed by atoms with E-state index in [-0.39, 0.29) is 22.9 Å². The van der Waals surface area contributed by atoms with E-state index in [1.54, 1.807) is 13.2 Å². The third-order valence-electron chi connectivity index (χ3n) is 8.38. The molecule has 1 atom stereocenters. The van der Waals surface area contributed by atoms with Crippen LogP contribution in [0.15, 0.2) is 60.9 Å². The topological polar surface area (TPSA) is 121 Å². The summed E-state index contributed by atoms with van der Waals surface area (Å²) in [6, 6.07) is 15.9. The van der Waals surface area contributed by atoms with Crippen molar-refractivity contribution < 1.29 is 23.5 Å². The molecule has 0 saturated carbocycles. The van der Waals surface area contributed by atoms with E-state index in [0.717, 1.165) is 56.8 Å². The van der Waals surface area contributed by atoms with E-state index in [9.17, 15) is 14.0 Å². The predicted octanol–water partition coefficient (Wildman–Crippen LogP) is 4.98. The molecule has 3 N–H and O–H groups in total. The highest BCUT2D eigenvalue weighted by Gasteiger charge is 2.26. The molecule has 2 amide bonds. The van der Waals surface area contributed by atoms with E-state index in [4.69, 9.17) is 21.1 Å². The minimum absolute atomic E-state index is 0.0216. The number of ether oxygens (including phenoxy) is 2. The zero-order valence-corrected chi connectivity index (χ0v) is 26.9. The maximum Gasteiger partial charge on any atom is 0.249 e. The number of fused-ring (bicyclic) bond motifs is 1. The maximum absolute atomic E-state index is 13.6. The Balaban J connectivity index is 0.960. The van der Waals surface area contributed by atoms with Crippen molar-refractivity contribution in [3.8, 4) is 11.5 Å². The summed E-state index contributed by atoms with van der Waals surface area (Å²) in [5, 5.41) is 9.56. The van der Waals surface area contributed by atoms with Gasteiger partial charge >= 0.3 is 0 Å². The van der Waals surface area contributed by atoms with Gasteiger partial charge in [0.2, 0.25) is 11.8 Å². The number of anilines is 3. The lowest BCUT2D eigenvalue weighted by Gasteiger charge is -2.34. The molecule has 4 aromatic rings. The highest BCUT2D eigenvalue weighted by molar-refractivity contribution is 6.31. The molecule has 2 fully saturated rings. The Morgan fingerprint density at radius 1 is 0.979 bits per heavy atom. The summed E-state index contributed by atoms with van der Waals surface area (Å²) in [5.74, 6) is 0.754. The van der Waals surface area contributed by atoms with Crippen LogP contribution in [-0.4, -0.2) is 84.1 Å². The number of hydrogen-bond donors (Lipinski definition) is 3. The van der Waals surface area contributed by atoms with Gasteiger partial charge in [-0.05, 0) is 54.8 Å². The number of amides is 2. The van der Waals surface area contributed by atoms with Crippen LogP contribution < -0.4 is 25.4 Å². The second-order valence-electron chi connectivity index (χ2n) is 11.7. The fourth-order valence-electron chi connectivity index (χ4n) is 5.78. The molecule has 0 aliphatic carbocycles. The molecule has 6 rings (SSSR count). The second kappa shape index (κ2) is 14.9. The van der Waals surface area contributed by atoms with Gasteiger partial charge in [-0.2, -0.15) is 0 Å². The van der Waals surface area contributed by atoms with E-state index in [1.165, 1.54) is 24.0 Å². The van der Waals surface area contributed by atoms with Gasteiger partial charge in [0.05, 0.1) is 24.3 Å². The SMILES string of the molecule is COc1cc2ncnc(Nc3ccc(F)c(Cl)c3)c2cc1OCCCN1CCN(Cc2ccc(NC3CCC(=O)NC3=O)cc2)CC1. The normalized spacial score (nSPS) is 17.4. The van der Waals surface area contributed by atoms with E-state index in [2.05, 4.69) is 47.9 Å². The van der Waals surface area contributed by atoms with Gasteiger partial charge in [-0.15, -0.1) is 0 Å². The molecular weight excluding hydrogens is 625 g/mol. The Hall–Kier alpha value is -4.52. The summed E-state index contributed by atoms with van der Waals surface area (Å²) in [6.45, 7) is 6.22. The molecule has 0 radical (unpaired) electrons. The Labute approximate surface area is 277 Å². The van der Waals surface area contributed by atoms with Gasteiger partial charge in [0, 0.05) is 68.5 Å². The van der Waals surface area contributed by atoms with Gasteiger partial charge in [0.25, 0.3) is 0 Å². The van der Waals surface area contributed by atoms with E-state index >= 15 is 0 Å². The van der Waals surface area contributed by atoms with Crippen LogP contribution in [0.4, 0.5) is 21.6 Å². The fourth-order valence-corrected chi connectivity index (χ4v) is 5.97. The molecule has 2 saturated heterocycles. The van der Waals surface area contributed by atoms with Crippen molar-refractivity contribution in [1.82, 2.24) is 25.1 Å². The first-order chi connectivity index (χ1) is 22.8. The third-order valence-corrected chi connectivity index (χ3v) is 8.67. The van der Waals surface area contributed by atoms with Crippen LogP contribution in [0.5, 0.6) is 11.5 Å². The van der Waals surface area contributed by atoms with Gasteiger partial charge < -0.3 is 25.0 Å². The van der Waals surface area contributed by atoms with Crippen molar-refractivity contribution in [2.75, 3.05) is 57.1 Å². The smallest absolute Gasteiger partial charge is 0.249 e. The number of aromatic nitrogens is 2. The van der Waals surface area contributed by atoms with Crippen LogP contribution in [0.25, 0.3) is 10.9 Å². The molecule has 1 unspecified atom stereocenters. The molecule has 3 aromatic carbocycles. The van der Waals surface area contributed by atoms with Crippen LogP contribution in [-0.2, 0) is 16.1 Å². The number of imide groups is 1. The number of hydrogen-bond acceptors (Lipinski definition) is 10. The molecule has 13 heteroatoms. The minimum Gasteiger partial charge on any atom is -0.493 e. The minimum atomic E-state index is -0.489. The van der Waals surface area contributed by atoms with Crippen LogP contribution in [0, 0.1) is 5.82 Å². The number of benzene rings is 3. The molecule has 0 bridgehead atoms. The molecule has 2 aliphatic heterocycles. The maximum atomic E-state index is 13.6. The fraction of sp³-hybridized carbons (Fsp3) is 0.353. The number of piperazine rings is 1. The van der Waals surface area contributed by atoms with Crippen molar-refractivity contribution in [3.05, 3.63) is 77.3 Å². The molecule has 1 aromatic heterocycles. The summed E-state index contributed by atoms with van der Waals surface area (Å²) in [5.41, 5.74) is 3.37. The lowest BCUT2D eigenvalue weighted by atomic mass is 10.1. The zero-order valence-electron chi connectivity index (χ0n) is 26.1. The number of carbonyl (C=O) groups is 2. The summed E-state index contributed by atoms with van der Waals surface area (Å²) < 4.78 is 25.4. The Bertz CT molecular complexity index is 1730. The Morgan fingerprint density at radius 2 is 1.74 bits per heavy atom. The van der Waals surface area contributed by atoms with Crippen LogP contribution in [0.2, 0.25) is 5.02 Å². The van der Waals surface area contributed by atoms with Crippen LogP contribution in [0.1, 0.15) is 24.8 Å². The average molecular weight is 662 g/mol. The van der Waals surface area contributed by atoms with Crippen molar-refractivity contribution in [3.63, 3.8) is 0 Å². The summed E-state index contributed by atoms with van der Waals surface area (Å²) >= 11 is 5.96. The highest BCUT2D eigenvalue weighted by Crippen LogP contribution is 2.35. The standard InChI is InChI=1S/C34H37ClFN7O4/c1-46-30-19-29-25(33(38-21-37-29)40-24-7-8-27(36)26(35)17-24)18-31(30)47-16-2-11-42-12-14-43(15-13-42)20-22-3-5-23(6-4-22)39-28-9-10-32(44)41-34(28)45/h3-8,17-19,21,28,39H,2,9-16,20H2,1H3,(H,37,38,40)(H,41,44,45). The number of piperidine rings is 1. The molecule has 2 aliphatic rings. The Morgan fingerprint density at radius 3 is 2.49 bits per heavy atom. The second-order valence-corrected chi connectivity index (χ2v) is 12.1. The number of halogens is 2. The summed E-state index contributed by atoms with van der Waals surface area (Å²) in [4.78, 5) is 37.1. The zero-order chi connectivity index (χ0) is 32.8. The monoisotopic (exact) mass is 661 g/mol. The quantitative estimate of drug-likeness (QED) is 0.142. The largest absolute Gasteiger partial charge is 0.493 e. The number of rotatable bonds is 12. The van der Waals surface area contributed by atoms with E-state index in [1.807, 2.05) is 24.3 Å². The van der Waals surface area contributed by atoms with Gasteiger partial charge in [0.15, 0.2) is 11.5 Å². The number of nitrogens with zero attached hydrogens (tertiary/aromatic N) is 4. The van der Waals surface area contributed by atoms with Gasteiger partial charge in [0.1, 0.15) is 24.0 Å². The van der Waals surface area contributed by atoms with Crippen LogP contribution in [0.3, 0.4) is 0 Å². The lowest BCUT2D eigenvalue weighted by Crippen LogP contribution is -2.47. The molecule has 3 heterocycles. The highest BCUT2D eigenvalue weighted by atomic mass is 35.5. The molecule has 11 nitrogen and oxygen atoms in total. The van der Waals surface area contributed by atoms with Crippen molar-refractivity contribution in [2.24, 2.45) is 0 Å². The van der Waals surface area contributed by atoms with Crippen molar-refractivity contribution in [1.29, 1.82) is 0 Å². The first kappa shape index (κ1) is 32.4.